The first-order valence-electron chi connectivity index (χ1n) is 9.71. The fourth-order valence-corrected chi connectivity index (χ4v) is 3.04. The lowest BCUT2D eigenvalue weighted by Crippen LogP contribution is -2.23. The molecule has 0 saturated carbocycles. The third-order valence-electron chi connectivity index (χ3n) is 4.55. The second-order valence-corrected chi connectivity index (χ2v) is 7.16. The molecule has 2 N–H and O–H groups in total. The summed E-state index contributed by atoms with van der Waals surface area (Å²) in [4.78, 5) is 25.8. The van der Waals surface area contributed by atoms with Gasteiger partial charge in [-0.15, -0.1) is 0 Å². The molecule has 0 spiro atoms. The van der Waals surface area contributed by atoms with Crippen molar-refractivity contribution in [2.45, 2.75) is 18.9 Å². The summed E-state index contributed by atoms with van der Waals surface area (Å²) in [5.74, 6) is 0.421. The number of rotatable bonds is 8. The molecule has 1 aliphatic heterocycles. The first-order valence-corrected chi connectivity index (χ1v) is 9.71. The van der Waals surface area contributed by atoms with Crippen LogP contribution in [0.1, 0.15) is 23.2 Å². The van der Waals surface area contributed by atoms with E-state index in [0.717, 1.165) is 19.4 Å². The zero-order valence-corrected chi connectivity index (χ0v) is 16.8. The van der Waals surface area contributed by atoms with E-state index in [1.54, 1.807) is 38.4 Å². The van der Waals surface area contributed by atoms with Gasteiger partial charge in [-0.2, -0.15) is 0 Å². The Morgan fingerprint density at radius 1 is 1.14 bits per heavy atom. The minimum Gasteiger partial charge on any atom is -0.491 e. The average molecular weight is 397 g/mol. The Balaban J connectivity index is 1.50. The van der Waals surface area contributed by atoms with Crippen LogP contribution in [-0.2, 0) is 9.53 Å². The lowest BCUT2D eigenvalue weighted by atomic mass is 10.2. The maximum absolute atomic E-state index is 12.3. The monoisotopic (exact) mass is 397 g/mol. The van der Waals surface area contributed by atoms with Gasteiger partial charge < -0.3 is 25.0 Å². The Morgan fingerprint density at radius 2 is 1.93 bits per heavy atom. The van der Waals surface area contributed by atoms with E-state index in [9.17, 15) is 9.59 Å². The van der Waals surface area contributed by atoms with Crippen LogP contribution in [0.15, 0.2) is 48.5 Å². The Kier molecular flexibility index (Phi) is 7.08. The topological polar surface area (TPSA) is 79.9 Å². The van der Waals surface area contributed by atoms with Crippen LogP contribution in [0, 0.1) is 0 Å². The smallest absolute Gasteiger partial charge is 0.253 e. The molecule has 1 aliphatic rings. The fraction of sp³-hybridized carbons (Fsp3) is 0.364. The van der Waals surface area contributed by atoms with Gasteiger partial charge in [-0.1, -0.05) is 12.1 Å². The Hall–Kier alpha value is -3.06. The van der Waals surface area contributed by atoms with Crippen molar-refractivity contribution in [3.8, 4) is 5.75 Å². The Bertz CT molecular complexity index is 847. The van der Waals surface area contributed by atoms with Crippen molar-refractivity contribution in [1.82, 2.24) is 4.90 Å². The first kappa shape index (κ1) is 20.7. The number of nitrogens with zero attached hydrogens (tertiary/aromatic N) is 1. The van der Waals surface area contributed by atoms with Gasteiger partial charge in [0.15, 0.2) is 0 Å². The molecule has 154 valence electrons. The number of nitrogens with one attached hydrogen (secondary N) is 2. The number of hydrogen-bond acceptors (Lipinski definition) is 5. The molecule has 0 aromatic heterocycles. The minimum atomic E-state index is -0.189. The van der Waals surface area contributed by atoms with Crippen LogP contribution >= 0.6 is 0 Å². The number of carbonyl (C=O) groups is 2. The van der Waals surface area contributed by atoms with Crippen LogP contribution in [0.3, 0.4) is 0 Å². The van der Waals surface area contributed by atoms with Crippen LogP contribution in [0.25, 0.3) is 0 Å². The number of hydrogen-bond donors (Lipinski definition) is 2. The van der Waals surface area contributed by atoms with Crippen molar-refractivity contribution in [2.75, 3.05) is 44.5 Å². The second-order valence-electron chi connectivity index (χ2n) is 7.16. The van der Waals surface area contributed by atoms with E-state index < -0.39 is 0 Å². The van der Waals surface area contributed by atoms with Crippen molar-refractivity contribution in [3.63, 3.8) is 0 Å². The van der Waals surface area contributed by atoms with Gasteiger partial charge in [0.25, 0.3) is 5.91 Å². The van der Waals surface area contributed by atoms with Gasteiger partial charge in [0.1, 0.15) is 12.4 Å². The van der Waals surface area contributed by atoms with Crippen molar-refractivity contribution in [2.24, 2.45) is 0 Å². The molecule has 2 amide bonds. The van der Waals surface area contributed by atoms with E-state index in [4.69, 9.17) is 9.47 Å². The number of amides is 2. The molecule has 1 fully saturated rings. The first-order chi connectivity index (χ1) is 14.0. The zero-order chi connectivity index (χ0) is 20.6. The Morgan fingerprint density at radius 3 is 2.69 bits per heavy atom. The zero-order valence-electron chi connectivity index (χ0n) is 16.8. The molecule has 1 heterocycles. The summed E-state index contributed by atoms with van der Waals surface area (Å²) in [6.07, 6.45) is 2.24. The van der Waals surface area contributed by atoms with E-state index in [2.05, 4.69) is 10.6 Å². The molecule has 7 nitrogen and oxygen atoms in total. The molecule has 1 atom stereocenters. The molecule has 0 radical (unpaired) electrons. The second kappa shape index (κ2) is 9.93. The average Bonchev–Trinajstić information content (AvgIpc) is 3.24. The highest BCUT2D eigenvalue weighted by Crippen LogP contribution is 2.20. The van der Waals surface area contributed by atoms with Gasteiger partial charge in [-0.3, -0.25) is 9.59 Å². The maximum atomic E-state index is 12.3. The summed E-state index contributed by atoms with van der Waals surface area (Å²) in [7, 11) is 3.41. The summed E-state index contributed by atoms with van der Waals surface area (Å²) < 4.78 is 11.3. The molecule has 1 saturated heterocycles. The van der Waals surface area contributed by atoms with Crippen LogP contribution < -0.4 is 15.4 Å². The molecule has 0 aliphatic carbocycles. The van der Waals surface area contributed by atoms with E-state index in [1.807, 2.05) is 24.3 Å². The highest BCUT2D eigenvalue weighted by atomic mass is 16.5. The van der Waals surface area contributed by atoms with Crippen LogP contribution in [0.2, 0.25) is 0 Å². The molecule has 1 unspecified atom stereocenters. The lowest BCUT2D eigenvalue weighted by Gasteiger charge is -2.13. The quantitative estimate of drug-likeness (QED) is 0.716. The highest BCUT2D eigenvalue weighted by molar-refractivity contribution is 5.96. The predicted octanol–water partition coefficient (Wildman–Crippen LogP) is 3.00. The van der Waals surface area contributed by atoms with E-state index >= 15 is 0 Å². The normalized spacial score (nSPS) is 15.6. The van der Waals surface area contributed by atoms with E-state index in [-0.39, 0.29) is 24.5 Å². The summed E-state index contributed by atoms with van der Waals surface area (Å²) in [5.41, 5.74) is 1.94. The van der Waals surface area contributed by atoms with Crippen LogP contribution in [0.4, 0.5) is 11.4 Å². The molecule has 2 aromatic rings. The number of benzene rings is 2. The predicted molar refractivity (Wildman–Crippen MR) is 112 cm³/mol. The summed E-state index contributed by atoms with van der Waals surface area (Å²) >= 11 is 0. The summed E-state index contributed by atoms with van der Waals surface area (Å²) in [5, 5.41) is 5.89. The van der Waals surface area contributed by atoms with Gasteiger partial charge in [0, 0.05) is 43.7 Å². The SMILES string of the molecule is CN(C)C(=O)c1cccc(NCC(=O)Nc2cccc(OCC3CCCO3)c2)c1. The van der Waals surface area contributed by atoms with E-state index in [0.29, 0.717) is 29.3 Å². The molecule has 0 bridgehead atoms. The van der Waals surface area contributed by atoms with Gasteiger partial charge in [-0.25, -0.2) is 0 Å². The Labute approximate surface area is 171 Å². The number of ether oxygens (including phenoxy) is 2. The fourth-order valence-electron chi connectivity index (χ4n) is 3.04. The van der Waals surface area contributed by atoms with Gasteiger partial charge in [0.05, 0.1) is 12.6 Å². The molecular weight excluding hydrogens is 370 g/mol. The van der Waals surface area contributed by atoms with Crippen molar-refractivity contribution >= 4 is 23.2 Å². The third-order valence-corrected chi connectivity index (χ3v) is 4.55. The largest absolute Gasteiger partial charge is 0.491 e. The molecule has 2 aromatic carbocycles. The van der Waals surface area contributed by atoms with Crippen molar-refractivity contribution < 1.29 is 19.1 Å². The van der Waals surface area contributed by atoms with Gasteiger partial charge in [0.2, 0.25) is 5.91 Å². The van der Waals surface area contributed by atoms with Gasteiger partial charge in [-0.05, 0) is 43.2 Å². The standard InChI is InChI=1S/C22H27N3O4/c1-25(2)22(27)16-6-3-7-17(12-16)23-14-21(26)24-18-8-4-9-19(13-18)29-15-20-10-5-11-28-20/h3-4,6-9,12-13,20,23H,5,10-11,14-15H2,1-2H3,(H,24,26). The lowest BCUT2D eigenvalue weighted by molar-refractivity contribution is -0.114. The molecular formula is C22H27N3O4. The van der Waals surface area contributed by atoms with Crippen LogP contribution in [0.5, 0.6) is 5.75 Å². The van der Waals surface area contributed by atoms with Gasteiger partial charge >= 0.3 is 0 Å². The molecule has 3 rings (SSSR count). The van der Waals surface area contributed by atoms with Crippen molar-refractivity contribution in [3.05, 3.63) is 54.1 Å². The highest BCUT2D eigenvalue weighted by Gasteiger charge is 2.16. The van der Waals surface area contributed by atoms with Crippen LogP contribution in [-0.4, -0.2) is 56.7 Å². The number of anilines is 2. The van der Waals surface area contributed by atoms with Crippen molar-refractivity contribution in [1.29, 1.82) is 0 Å². The molecule has 7 heteroatoms. The number of carbonyl (C=O) groups excluding carboxylic acids is 2. The summed E-state index contributed by atoms with van der Waals surface area (Å²) in [6.45, 7) is 1.39. The molecule has 29 heavy (non-hydrogen) atoms. The third kappa shape index (κ3) is 6.22. The van der Waals surface area contributed by atoms with E-state index in [1.165, 1.54) is 4.90 Å². The summed E-state index contributed by atoms with van der Waals surface area (Å²) in [6, 6.07) is 14.4. The maximum Gasteiger partial charge on any atom is 0.253 e. The minimum absolute atomic E-state index is 0.0839.